The molecule has 0 spiro atoms. The fourth-order valence-corrected chi connectivity index (χ4v) is 7.20. The first kappa shape index (κ1) is 30.6. The van der Waals surface area contributed by atoms with Crippen molar-refractivity contribution in [3.63, 3.8) is 0 Å². The molecule has 0 bridgehead atoms. The zero-order valence-corrected chi connectivity index (χ0v) is 26.4. The molecule has 2 saturated heterocycles. The molecule has 4 heterocycles. The molecule has 1 aromatic heterocycles. The number of carbonyl (C=O) groups is 2. The van der Waals surface area contributed by atoms with Gasteiger partial charge in [0.05, 0.1) is 17.2 Å². The Labute approximate surface area is 262 Å². The normalized spacial score (nSPS) is 23.6. The van der Waals surface area contributed by atoms with Crippen LogP contribution in [-0.2, 0) is 9.53 Å². The van der Waals surface area contributed by atoms with E-state index >= 15 is 4.39 Å². The summed E-state index contributed by atoms with van der Waals surface area (Å²) in [5.41, 5.74) is -0.537. The van der Waals surface area contributed by atoms with Gasteiger partial charge in [-0.25, -0.2) is 9.37 Å². The first-order valence-electron chi connectivity index (χ1n) is 15.0. The number of ether oxygens (including phenoxy) is 2. The number of aromatic nitrogens is 1. The molecule has 44 heavy (non-hydrogen) atoms. The fourth-order valence-electron chi connectivity index (χ4n) is 6.91. The molecule has 3 fully saturated rings. The van der Waals surface area contributed by atoms with Gasteiger partial charge >= 0.3 is 0 Å². The summed E-state index contributed by atoms with van der Waals surface area (Å²) < 4.78 is 27.4. The van der Waals surface area contributed by atoms with Crippen molar-refractivity contribution in [1.29, 1.82) is 0 Å². The zero-order chi connectivity index (χ0) is 31.6. The zero-order valence-electron chi connectivity index (χ0n) is 25.6. The van der Waals surface area contributed by atoms with Crippen molar-refractivity contribution in [1.82, 2.24) is 19.7 Å². The largest absolute Gasteiger partial charge is 0.507 e. The number of phenolic OH excluding ortho intramolecular Hbond substituents is 1. The third kappa shape index (κ3) is 5.18. The number of likely N-dealkylation sites (N-methyl/N-ethyl adjacent to an activating group) is 1. The Morgan fingerprint density at radius 1 is 1.30 bits per heavy atom. The van der Waals surface area contributed by atoms with Crippen molar-refractivity contribution in [3.8, 4) is 22.8 Å². The van der Waals surface area contributed by atoms with Gasteiger partial charge in [0.15, 0.2) is 5.75 Å². The van der Waals surface area contributed by atoms with Gasteiger partial charge in [-0.05, 0) is 58.4 Å². The number of halogens is 2. The third-order valence-corrected chi connectivity index (χ3v) is 10.0. The van der Waals surface area contributed by atoms with E-state index in [0.29, 0.717) is 25.5 Å². The van der Waals surface area contributed by atoms with Crippen LogP contribution in [0.15, 0.2) is 30.9 Å². The monoisotopic (exact) mass is 627 g/mol. The number of carbonyl (C=O) groups excluding carboxylic acids is 2. The average Bonchev–Trinajstić information content (AvgIpc) is 3.72. The first-order valence-corrected chi connectivity index (χ1v) is 15.4. The molecule has 1 aliphatic carbocycles. The third-order valence-electron chi connectivity index (χ3n) is 9.68. The second-order valence-corrected chi connectivity index (χ2v) is 13.3. The molecule has 1 saturated carbocycles. The lowest BCUT2D eigenvalue weighted by Gasteiger charge is -2.40. The van der Waals surface area contributed by atoms with Crippen LogP contribution in [0.1, 0.15) is 43.5 Å². The number of benzene rings is 1. The molecule has 2 amide bonds. The minimum atomic E-state index is -0.700. The highest BCUT2D eigenvalue weighted by Crippen LogP contribution is 2.49. The maximum Gasteiger partial charge on any atom is 0.261 e. The summed E-state index contributed by atoms with van der Waals surface area (Å²) in [6, 6.07) is 3.69. The molecular formula is C32H39ClFN5O5. The van der Waals surface area contributed by atoms with E-state index < -0.39 is 17.4 Å². The van der Waals surface area contributed by atoms with Crippen LogP contribution in [0.4, 0.5) is 10.2 Å². The molecule has 0 radical (unpaired) electrons. The summed E-state index contributed by atoms with van der Waals surface area (Å²) in [7, 11) is 3.84. The second-order valence-electron chi connectivity index (χ2n) is 13.0. The van der Waals surface area contributed by atoms with Gasteiger partial charge in [0.25, 0.3) is 5.91 Å². The molecular weight excluding hydrogens is 589 g/mol. The van der Waals surface area contributed by atoms with E-state index in [9.17, 15) is 14.7 Å². The minimum Gasteiger partial charge on any atom is -0.507 e. The SMILES string of the molecule is C=CC(=O)N1CCN2C(=O)c3c(N4CC(N(C)CC5(OC)CC5)CC4(C)C)nc(-c4c(O)cccc4F)c(Cl)c3OC[C@H]2C1. The van der Waals surface area contributed by atoms with Gasteiger partial charge < -0.3 is 29.3 Å². The first-order chi connectivity index (χ1) is 20.9. The van der Waals surface area contributed by atoms with Crippen molar-refractivity contribution in [2.75, 3.05) is 58.4 Å². The Hall–Kier alpha value is -3.41. The van der Waals surface area contributed by atoms with Crippen LogP contribution in [0.3, 0.4) is 0 Å². The summed E-state index contributed by atoms with van der Waals surface area (Å²) in [5, 5.41) is 10.7. The molecule has 1 aromatic carbocycles. The van der Waals surface area contributed by atoms with Crippen molar-refractivity contribution in [3.05, 3.63) is 47.3 Å². The molecule has 2 atom stereocenters. The smallest absolute Gasteiger partial charge is 0.261 e. The molecule has 10 nitrogen and oxygen atoms in total. The molecule has 1 unspecified atom stereocenters. The van der Waals surface area contributed by atoms with Gasteiger partial charge in [-0.2, -0.15) is 0 Å². The summed E-state index contributed by atoms with van der Waals surface area (Å²) in [6.45, 7) is 10.1. The lowest BCUT2D eigenvalue weighted by Crippen LogP contribution is -2.57. The predicted octanol–water partition coefficient (Wildman–Crippen LogP) is 3.95. The highest BCUT2D eigenvalue weighted by Gasteiger charge is 2.49. The van der Waals surface area contributed by atoms with Crippen molar-refractivity contribution in [2.45, 2.75) is 56.3 Å². The maximum absolute atomic E-state index is 15.3. The van der Waals surface area contributed by atoms with Gasteiger partial charge in [-0.3, -0.25) is 14.5 Å². The molecule has 6 rings (SSSR count). The summed E-state index contributed by atoms with van der Waals surface area (Å²) in [6.07, 6.45) is 4.08. The number of aromatic hydroxyl groups is 1. The summed E-state index contributed by atoms with van der Waals surface area (Å²) >= 11 is 6.91. The highest BCUT2D eigenvalue weighted by atomic mass is 35.5. The van der Waals surface area contributed by atoms with E-state index in [-0.39, 0.29) is 70.0 Å². The second kappa shape index (κ2) is 11.2. The van der Waals surface area contributed by atoms with E-state index in [1.807, 2.05) is 0 Å². The molecule has 2 aromatic rings. The predicted molar refractivity (Wildman–Crippen MR) is 165 cm³/mol. The van der Waals surface area contributed by atoms with Gasteiger partial charge in [0.1, 0.15) is 40.3 Å². The van der Waals surface area contributed by atoms with E-state index in [4.69, 9.17) is 26.1 Å². The topological polar surface area (TPSA) is 98.7 Å². The minimum absolute atomic E-state index is 0.00364. The number of methoxy groups -OCH3 is 1. The van der Waals surface area contributed by atoms with Crippen LogP contribution < -0.4 is 9.64 Å². The van der Waals surface area contributed by atoms with Crippen LogP contribution in [0.5, 0.6) is 11.5 Å². The standard InChI is InChI=1S/C32H39ClFN5O5/c1-6-23(41)37-12-13-38-20(15-37)17-44-28-25(30(38)42)29(35-27(26(28)33)24-21(34)8-7-9-22(24)40)39-16-19(14-31(39,2)3)36(4)18-32(43-5)10-11-32/h6-9,19-20,40H,1,10-18H2,2-5H3/t19?,20-/m1/s1. The Morgan fingerprint density at radius 3 is 2.70 bits per heavy atom. The van der Waals surface area contributed by atoms with Crippen molar-refractivity contribution >= 4 is 29.2 Å². The Bertz CT molecular complexity index is 1490. The van der Waals surface area contributed by atoms with Crippen LogP contribution >= 0.6 is 11.6 Å². The molecule has 1 N–H and O–H groups in total. The number of hydrogen-bond acceptors (Lipinski definition) is 8. The van der Waals surface area contributed by atoms with E-state index in [1.54, 1.807) is 16.9 Å². The number of piperazine rings is 1. The summed E-state index contributed by atoms with van der Waals surface area (Å²) in [4.78, 5) is 39.5. The molecule has 4 aliphatic rings. The average molecular weight is 628 g/mol. The van der Waals surface area contributed by atoms with Crippen LogP contribution in [0, 0.1) is 5.82 Å². The van der Waals surface area contributed by atoms with Crippen molar-refractivity contribution < 1.29 is 28.6 Å². The number of amides is 2. The van der Waals surface area contributed by atoms with Gasteiger partial charge in [-0.15, -0.1) is 0 Å². The number of fused-ring (bicyclic) bond motifs is 2. The number of nitrogens with zero attached hydrogens (tertiary/aromatic N) is 5. The number of anilines is 1. The van der Waals surface area contributed by atoms with Gasteiger partial charge in [0.2, 0.25) is 5.91 Å². The Morgan fingerprint density at radius 2 is 2.05 bits per heavy atom. The van der Waals surface area contributed by atoms with Crippen LogP contribution in [-0.4, -0.2) is 113 Å². The molecule has 236 valence electrons. The van der Waals surface area contributed by atoms with Gasteiger partial charge in [-0.1, -0.05) is 24.2 Å². The fraction of sp³-hybridized carbons (Fsp3) is 0.531. The number of hydrogen-bond donors (Lipinski definition) is 1. The van der Waals surface area contributed by atoms with E-state index in [2.05, 4.69) is 37.3 Å². The van der Waals surface area contributed by atoms with Gasteiger partial charge in [0, 0.05) is 51.4 Å². The van der Waals surface area contributed by atoms with Crippen LogP contribution in [0.25, 0.3) is 11.3 Å². The lowest BCUT2D eigenvalue weighted by molar-refractivity contribution is -0.128. The molecule has 3 aliphatic heterocycles. The number of phenols is 1. The maximum atomic E-state index is 15.3. The Kier molecular flexibility index (Phi) is 7.78. The highest BCUT2D eigenvalue weighted by molar-refractivity contribution is 6.35. The Balaban J connectivity index is 1.46. The van der Waals surface area contributed by atoms with E-state index in [0.717, 1.165) is 25.8 Å². The van der Waals surface area contributed by atoms with Crippen LogP contribution in [0.2, 0.25) is 5.02 Å². The lowest BCUT2D eigenvalue weighted by atomic mass is 9.98. The number of rotatable bonds is 7. The summed E-state index contributed by atoms with van der Waals surface area (Å²) in [5.74, 6) is -1.13. The number of pyridine rings is 1. The molecule has 12 heteroatoms. The van der Waals surface area contributed by atoms with Crippen molar-refractivity contribution in [2.24, 2.45) is 0 Å². The quantitative estimate of drug-likeness (QED) is 0.461. The van der Waals surface area contributed by atoms with E-state index in [1.165, 1.54) is 24.3 Å².